The van der Waals surface area contributed by atoms with Gasteiger partial charge in [-0.05, 0) is 73.6 Å². The Balaban J connectivity index is 1.26. The molecule has 1 saturated carbocycles. The lowest BCUT2D eigenvalue weighted by molar-refractivity contribution is -0.141. The van der Waals surface area contributed by atoms with Crippen LogP contribution in [0.2, 0.25) is 0 Å². The molecule has 0 radical (unpaired) electrons. The molecule has 0 spiro atoms. The number of fused-ring (bicyclic) bond motifs is 2. The van der Waals surface area contributed by atoms with Gasteiger partial charge >= 0.3 is 5.97 Å². The maximum absolute atomic E-state index is 11.7. The van der Waals surface area contributed by atoms with Crippen molar-refractivity contribution in [1.29, 1.82) is 0 Å². The third-order valence-corrected chi connectivity index (χ3v) is 7.77. The zero-order valence-corrected chi connectivity index (χ0v) is 21.6. The van der Waals surface area contributed by atoms with Crippen LogP contribution in [0.15, 0.2) is 54.6 Å². The van der Waals surface area contributed by atoms with Gasteiger partial charge in [0.15, 0.2) is 0 Å². The van der Waals surface area contributed by atoms with Gasteiger partial charge in [-0.25, -0.2) is 4.98 Å². The molecule has 2 aliphatic rings. The van der Waals surface area contributed by atoms with Gasteiger partial charge in [-0.3, -0.25) is 9.36 Å². The van der Waals surface area contributed by atoms with Gasteiger partial charge in [0.25, 0.3) is 0 Å². The predicted molar refractivity (Wildman–Crippen MR) is 143 cm³/mol. The van der Waals surface area contributed by atoms with Crippen molar-refractivity contribution in [3.05, 3.63) is 82.7 Å². The van der Waals surface area contributed by atoms with E-state index in [4.69, 9.17) is 19.2 Å². The number of esters is 1. The van der Waals surface area contributed by atoms with Crippen LogP contribution >= 0.6 is 0 Å². The van der Waals surface area contributed by atoms with Crippen LogP contribution in [0.25, 0.3) is 16.7 Å². The van der Waals surface area contributed by atoms with Gasteiger partial charge in [0.1, 0.15) is 17.3 Å². The molecule has 1 aliphatic heterocycles. The first-order valence-electron chi connectivity index (χ1n) is 13.0. The highest BCUT2D eigenvalue weighted by atomic mass is 16.5. The minimum Gasteiger partial charge on any atom is -0.497 e. The van der Waals surface area contributed by atoms with Crippen LogP contribution in [0.1, 0.15) is 59.2 Å². The zero-order chi connectivity index (χ0) is 25.5. The average molecular weight is 497 g/mol. The number of hydrogen-bond acceptors (Lipinski definition) is 5. The number of ether oxygens (including phenoxy) is 3. The first kappa shape index (κ1) is 23.6. The highest BCUT2D eigenvalue weighted by molar-refractivity contribution is 5.80. The second-order valence-electron chi connectivity index (χ2n) is 10.2. The molecule has 6 heteroatoms. The summed E-state index contributed by atoms with van der Waals surface area (Å²) >= 11 is 0. The number of nitrogens with zero attached hydrogens (tertiary/aromatic N) is 2. The van der Waals surface area contributed by atoms with Crippen molar-refractivity contribution in [2.75, 3.05) is 20.8 Å². The fourth-order valence-electron chi connectivity index (χ4n) is 5.47. The third kappa shape index (κ3) is 4.45. The van der Waals surface area contributed by atoms with Crippen LogP contribution < -0.4 is 9.47 Å². The Hall–Kier alpha value is -3.80. The molecule has 1 aromatic heterocycles. The normalized spacial score (nSPS) is 16.5. The molecule has 0 unspecified atom stereocenters. The monoisotopic (exact) mass is 496 g/mol. The SMILES string of the molecule is COC(=O)C[C@@H]1COc2cc(CCc3cccc(-n4c(C5CC5)nc5cc(OC)ccc54)c3C)ccc21. The summed E-state index contributed by atoms with van der Waals surface area (Å²) in [5, 5.41) is 0. The molecule has 190 valence electrons. The lowest BCUT2D eigenvalue weighted by Gasteiger charge is -2.16. The van der Waals surface area contributed by atoms with Crippen LogP contribution in [0.4, 0.5) is 0 Å². The largest absolute Gasteiger partial charge is 0.497 e. The molecule has 3 aromatic carbocycles. The number of carbonyl (C=O) groups is 1. The van der Waals surface area contributed by atoms with Gasteiger partial charge in [0, 0.05) is 23.5 Å². The molecular weight excluding hydrogens is 464 g/mol. The van der Waals surface area contributed by atoms with Crippen molar-refractivity contribution < 1.29 is 19.0 Å². The van der Waals surface area contributed by atoms with Crippen molar-refractivity contribution >= 4 is 17.0 Å². The fourth-order valence-corrected chi connectivity index (χ4v) is 5.47. The third-order valence-electron chi connectivity index (χ3n) is 7.77. The van der Waals surface area contributed by atoms with Crippen molar-refractivity contribution in [2.24, 2.45) is 0 Å². The number of methoxy groups -OCH3 is 2. The van der Waals surface area contributed by atoms with Gasteiger partial charge in [0.2, 0.25) is 0 Å². The van der Waals surface area contributed by atoms with E-state index < -0.39 is 0 Å². The number of hydrogen-bond donors (Lipinski definition) is 0. The zero-order valence-electron chi connectivity index (χ0n) is 21.6. The van der Waals surface area contributed by atoms with Crippen molar-refractivity contribution in [3.63, 3.8) is 0 Å². The molecule has 0 amide bonds. The Bertz CT molecular complexity index is 1480. The van der Waals surface area contributed by atoms with E-state index in [1.165, 1.54) is 42.3 Å². The molecule has 1 atom stereocenters. The van der Waals surface area contributed by atoms with E-state index in [1.54, 1.807) is 7.11 Å². The summed E-state index contributed by atoms with van der Waals surface area (Å²) in [4.78, 5) is 16.7. The second-order valence-corrected chi connectivity index (χ2v) is 10.2. The lowest BCUT2D eigenvalue weighted by atomic mass is 9.94. The molecule has 0 bridgehead atoms. The first-order valence-corrected chi connectivity index (χ1v) is 13.0. The highest BCUT2D eigenvalue weighted by Gasteiger charge is 2.31. The van der Waals surface area contributed by atoms with Crippen LogP contribution in [0, 0.1) is 6.92 Å². The average Bonchev–Trinajstić information content (AvgIpc) is 3.60. The number of rotatable bonds is 8. The molecule has 0 N–H and O–H groups in total. The molecular formula is C31H32N2O4. The molecule has 1 fully saturated rings. The van der Waals surface area contributed by atoms with Gasteiger partial charge in [-0.15, -0.1) is 0 Å². The molecule has 2 heterocycles. The Kier molecular flexibility index (Phi) is 6.11. The van der Waals surface area contributed by atoms with Crippen molar-refractivity contribution in [2.45, 2.75) is 50.9 Å². The number of carbonyl (C=O) groups excluding carboxylic acids is 1. The summed E-state index contributed by atoms with van der Waals surface area (Å²) in [7, 11) is 3.12. The molecule has 6 rings (SSSR count). The van der Waals surface area contributed by atoms with E-state index in [-0.39, 0.29) is 11.9 Å². The van der Waals surface area contributed by atoms with E-state index in [9.17, 15) is 4.79 Å². The van der Waals surface area contributed by atoms with Crippen molar-refractivity contribution in [1.82, 2.24) is 9.55 Å². The maximum Gasteiger partial charge on any atom is 0.306 e. The lowest BCUT2D eigenvalue weighted by Crippen LogP contribution is -2.09. The number of aromatic nitrogens is 2. The molecule has 37 heavy (non-hydrogen) atoms. The van der Waals surface area contributed by atoms with E-state index >= 15 is 0 Å². The minimum absolute atomic E-state index is 0.0704. The minimum atomic E-state index is -0.199. The van der Waals surface area contributed by atoms with E-state index in [2.05, 4.69) is 54.0 Å². The Labute approximate surface area is 217 Å². The van der Waals surface area contributed by atoms with E-state index in [0.717, 1.165) is 46.8 Å². The van der Waals surface area contributed by atoms with Crippen LogP contribution in [-0.2, 0) is 22.4 Å². The molecule has 0 saturated heterocycles. The van der Waals surface area contributed by atoms with E-state index in [0.29, 0.717) is 18.9 Å². The first-order chi connectivity index (χ1) is 18.1. The smallest absolute Gasteiger partial charge is 0.306 e. The number of benzene rings is 3. The highest BCUT2D eigenvalue weighted by Crippen LogP contribution is 2.43. The van der Waals surface area contributed by atoms with E-state index in [1.807, 2.05) is 12.1 Å². The molecule has 1 aliphatic carbocycles. The van der Waals surface area contributed by atoms with Gasteiger partial charge in [-0.1, -0.05) is 24.3 Å². The fraction of sp³-hybridized carbons (Fsp3) is 0.355. The summed E-state index contributed by atoms with van der Waals surface area (Å²) in [6.45, 7) is 2.75. The molecule has 4 aromatic rings. The molecule has 6 nitrogen and oxygen atoms in total. The predicted octanol–water partition coefficient (Wildman–Crippen LogP) is 6.04. The van der Waals surface area contributed by atoms with Crippen molar-refractivity contribution in [3.8, 4) is 17.2 Å². The van der Waals surface area contributed by atoms with Gasteiger partial charge < -0.3 is 14.2 Å². The summed E-state index contributed by atoms with van der Waals surface area (Å²) < 4.78 is 18.6. The second kappa shape index (κ2) is 9.58. The summed E-state index contributed by atoms with van der Waals surface area (Å²) in [5.41, 5.74) is 8.27. The Morgan fingerprint density at radius 3 is 2.73 bits per heavy atom. The van der Waals surface area contributed by atoms with Gasteiger partial charge in [-0.2, -0.15) is 0 Å². The quantitative estimate of drug-likeness (QED) is 0.278. The summed E-state index contributed by atoms with van der Waals surface area (Å²) in [5.74, 6) is 3.28. The Morgan fingerprint density at radius 1 is 1.08 bits per heavy atom. The number of aryl methyl sites for hydroxylation is 2. The maximum atomic E-state index is 11.7. The summed E-state index contributed by atoms with van der Waals surface area (Å²) in [6, 6.07) is 19.2. The van der Waals surface area contributed by atoms with Crippen LogP contribution in [-0.4, -0.2) is 36.3 Å². The topological polar surface area (TPSA) is 62.6 Å². The Morgan fingerprint density at radius 2 is 1.95 bits per heavy atom. The standard InChI is InChI=1S/C31H32N2O4/c1-19-21(9-7-20-8-13-25-23(16-30(34)36-3)18-37-29(25)15-20)5-4-6-27(19)33-28-14-12-24(35-2)17-26(28)32-31(33)22-10-11-22/h4-6,8,12-15,17,22-23H,7,9-11,16,18H2,1-3H3/t23-/m1/s1. The number of imidazole rings is 1. The van der Waals surface area contributed by atoms with Gasteiger partial charge in [0.05, 0.1) is 44.0 Å². The summed E-state index contributed by atoms with van der Waals surface area (Å²) in [6.07, 6.45) is 4.59. The van der Waals surface area contributed by atoms with Crippen LogP contribution in [0.5, 0.6) is 11.5 Å². The van der Waals surface area contributed by atoms with Crippen LogP contribution in [0.3, 0.4) is 0 Å².